The van der Waals surface area contributed by atoms with Gasteiger partial charge in [-0.3, -0.25) is 4.72 Å². The number of sulfonamides is 1. The smallest absolute Gasteiger partial charge is 0.229 e. The van der Waals surface area contributed by atoms with Crippen molar-refractivity contribution in [3.05, 3.63) is 82.6 Å². The number of nitrogens with zero attached hydrogens (tertiary/aromatic N) is 1. The molecule has 0 radical (unpaired) electrons. The number of H-pyrrole nitrogens is 1. The number of nitrogens with one attached hydrogen (secondary N) is 2. The van der Waals surface area contributed by atoms with Gasteiger partial charge >= 0.3 is 0 Å². The SMILES string of the molecule is CS(=O)(=O)Nc1ccccc1-c1ccc2[nH]c(/C=C/c3ccc(Br)cc3)nc2c1. The molecule has 0 amide bonds. The predicted octanol–water partition coefficient (Wildman–Crippen LogP) is 5.53. The molecule has 0 bridgehead atoms. The first kappa shape index (κ1) is 19.4. The van der Waals surface area contributed by atoms with Crippen molar-refractivity contribution in [1.82, 2.24) is 9.97 Å². The number of hydrogen-bond donors (Lipinski definition) is 2. The lowest BCUT2D eigenvalue weighted by Gasteiger charge is -2.10. The van der Waals surface area contributed by atoms with E-state index in [2.05, 4.69) is 30.6 Å². The Morgan fingerprint density at radius 2 is 1.76 bits per heavy atom. The molecule has 0 fully saturated rings. The highest BCUT2D eigenvalue weighted by atomic mass is 79.9. The van der Waals surface area contributed by atoms with Crippen molar-refractivity contribution in [2.45, 2.75) is 0 Å². The van der Waals surface area contributed by atoms with Crippen LogP contribution in [0, 0.1) is 0 Å². The van der Waals surface area contributed by atoms with Gasteiger partial charge in [0.15, 0.2) is 0 Å². The molecule has 1 heterocycles. The van der Waals surface area contributed by atoms with E-state index in [-0.39, 0.29) is 0 Å². The van der Waals surface area contributed by atoms with Crippen LogP contribution < -0.4 is 4.72 Å². The molecular formula is C22H18BrN3O2S. The number of aromatic nitrogens is 2. The molecular weight excluding hydrogens is 450 g/mol. The van der Waals surface area contributed by atoms with E-state index in [0.717, 1.165) is 44.3 Å². The average molecular weight is 468 g/mol. The van der Waals surface area contributed by atoms with Gasteiger partial charge in [-0.05, 0) is 47.5 Å². The highest BCUT2D eigenvalue weighted by Crippen LogP contribution is 2.30. The molecule has 0 atom stereocenters. The molecule has 146 valence electrons. The number of imidazole rings is 1. The zero-order chi connectivity index (χ0) is 20.4. The van der Waals surface area contributed by atoms with E-state index in [1.807, 2.05) is 66.7 Å². The molecule has 0 saturated carbocycles. The Bertz CT molecular complexity index is 1310. The molecule has 0 aliphatic rings. The molecule has 0 aliphatic carbocycles. The number of rotatable bonds is 5. The summed E-state index contributed by atoms with van der Waals surface area (Å²) in [6.45, 7) is 0. The van der Waals surface area contributed by atoms with Crippen molar-refractivity contribution in [2.75, 3.05) is 11.0 Å². The second kappa shape index (κ2) is 7.85. The van der Waals surface area contributed by atoms with Gasteiger partial charge in [0, 0.05) is 10.0 Å². The third-order valence-corrected chi connectivity index (χ3v) is 5.46. The fourth-order valence-electron chi connectivity index (χ4n) is 3.04. The maximum atomic E-state index is 11.7. The van der Waals surface area contributed by atoms with E-state index >= 15 is 0 Å². The molecule has 5 nitrogen and oxygen atoms in total. The molecule has 1 aromatic heterocycles. The maximum absolute atomic E-state index is 11.7. The minimum absolute atomic E-state index is 0.542. The van der Waals surface area contributed by atoms with Gasteiger partial charge in [-0.15, -0.1) is 0 Å². The van der Waals surface area contributed by atoms with Gasteiger partial charge in [-0.1, -0.05) is 58.4 Å². The number of fused-ring (bicyclic) bond motifs is 1. The summed E-state index contributed by atoms with van der Waals surface area (Å²) >= 11 is 3.43. The minimum atomic E-state index is -3.37. The zero-order valence-corrected chi connectivity index (χ0v) is 18.0. The van der Waals surface area contributed by atoms with E-state index in [1.165, 1.54) is 0 Å². The van der Waals surface area contributed by atoms with Crippen LogP contribution in [0.5, 0.6) is 0 Å². The Hall–Kier alpha value is -2.90. The van der Waals surface area contributed by atoms with E-state index in [1.54, 1.807) is 12.1 Å². The first-order chi connectivity index (χ1) is 13.9. The fraction of sp³-hybridized carbons (Fsp3) is 0.0455. The van der Waals surface area contributed by atoms with Crippen LogP contribution >= 0.6 is 15.9 Å². The molecule has 0 aliphatic heterocycles. The first-order valence-corrected chi connectivity index (χ1v) is 11.6. The monoisotopic (exact) mass is 467 g/mol. The number of halogens is 1. The van der Waals surface area contributed by atoms with Crippen molar-refractivity contribution in [3.8, 4) is 11.1 Å². The first-order valence-electron chi connectivity index (χ1n) is 8.88. The summed E-state index contributed by atoms with van der Waals surface area (Å²) in [6.07, 6.45) is 5.07. The fourth-order valence-corrected chi connectivity index (χ4v) is 3.89. The van der Waals surface area contributed by atoms with Crippen LogP contribution in [-0.4, -0.2) is 24.6 Å². The summed E-state index contributed by atoms with van der Waals surface area (Å²) in [5, 5.41) is 0. The van der Waals surface area contributed by atoms with Gasteiger partial charge in [0.1, 0.15) is 5.82 Å². The number of anilines is 1. The van der Waals surface area contributed by atoms with Gasteiger partial charge in [-0.25, -0.2) is 13.4 Å². The highest BCUT2D eigenvalue weighted by molar-refractivity contribution is 9.10. The van der Waals surface area contributed by atoms with Gasteiger partial charge in [0.25, 0.3) is 0 Å². The number of hydrogen-bond acceptors (Lipinski definition) is 3. The molecule has 0 saturated heterocycles. The topological polar surface area (TPSA) is 74.8 Å². The highest BCUT2D eigenvalue weighted by Gasteiger charge is 2.10. The Morgan fingerprint density at radius 3 is 2.52 bits per heavy atom. The van der Waals surface area contributed by atoms with Gasteiger partial charge in [0.05, 0.1) is 23.0 Å². The summed E-state index contributed by atoms with van der Waals surface area (Å²) in [4.78, 5) is 7.94. The van der Waals surface area contributed by atoms with E-state index in [9.17, 15) is 8.42 Å². The van der Waals surface area contributed by atoms with Crippen LogP contribution in [0.1, 0.15) is 11.4 Å². The zero-order valence-electron chi connectivity index (χ0n) is 15.6. The molecule has 0 spiro atoms. The van der Waals surface area contributed by atoms with Crippen LogP contribution in [0.2, 0.25) is 0 Å². The van der Waals surface area contributed by atoms with Crippen molar-refractivity contribution < 1.29 is 8.42 Å². The third-order valence-electron chi connectivity index (χ3n) is 4.34. The molecule has 4 rings (SSSR count). The van der Waals surface area contributed by atoms with Crippen LogP contribution in [0.25, 0.3) is 34.3 Å². The maximum Gasteiger partial charge on any atom is 0.229 e. The van der Waals surface area contributed by atoms with Crippen molar-refractivity contribution in [2.24, 2.45) is 0 Å². The Balaban J connectivity index is 1.67. The van der Waals surface area contributed by atoms with E-state index < -0.39 is 10.0 Å². The Kier molecular flexibility index (Phi) is 5.25. The average Bonchev–Trinajstić information content (AvgIpc) is 3.09. The van der Waals surface area contributed by atoms with Crippen LogP contribution in [0.3, 0.4) is 0 Å². The van der Waals surface area contributed by atoms with Gasteiger partial charge in [-0.2, -0.15) is 0 Å². The Morgan fingerprint density at radius 1 is 1.00 bits per heavy atom. The van der Waals surface area contributed by atoms with Crippen LogP contribution in [-0.2, 0) is 10.0 Å². The van der Waals surface area contributed by atoms with E-state index in [0.29, 0.717) is 5.69 Å². The number of benzene rings is 3. The minimum Gasteiger partial charge on any atom is -0.338 e. The lowest BCUT2D eigenvalue weighted by Crippen LogP contribution is -2.10. The predicted molar refractivity (Wildman–Crippen MR) is 123 cm³/mol. The van der Waals surface area contributed by atoms with Crippen LogP contribution in [0.4, 0.5) is 5.69 Å². The van der Waals surface area contributed by atoms with Gasteiger partial charge < -0.3 is 4.98 Å². The second-order valence-electron chi connectivity index (χ2n) is 6.66. The largest absolute Gasteiger partial charge is 0.338 e. The van der Waals surface area contributed by atoms with Crippen molar-refractivity contribution in [1.29, 1.82) is 0 Å². The molecule has 3 aromatic carbocycles. The third kappa shape index (κ3) is 4.75. The molecule has 4 aromatic rings. The molecule has 7 heteroatoms. The Labute approximate surface area is 177 Å². The summed E-state index contributed by atoms with van der Waals surface area (Å²) in [6, 6.07) is 21.2. The van der Waals surface area contributed by atoms with Crippen molar-refractivity contribution in [3.63, 3.8) is 0 Å². The standard InChI is InChI=1S/C22H18BrN3O2S/c1-29(27,28)26-19-5-3-2-4-18(19)16-9-12-20-21(14-16)25-22(24-20)13-8-15-6-10-17(23)11-7-15/h2-14,26H,1H3,(H,24,25)/b13-8+. The molecule has 29 heavy (non-hydrogen) atoms. The summed E-state index contributed by atoms with van der Waals surface area (Å²) in [5.74, 6) is 0.752. The van der Waals surface area contributed by atoms with Crippen molar-refractivity contribution >= 4 is 54.8 Å². The summed E-state index contributed by atoms with van der Waals surface area (Å²) in [7, 11) is -3.37. The summed E-state index contributed by atoms with van der Waals surface area (Å²) in [5.41, 5.74) is 5.04. The lowest BCUT2D eigenvalue weighted by atomic mass is 10.0. The lowest BCUT2D eigenvalue weighted by molar-refractivity contribution is 0.607. The normalized spacial score (nSPS) is 11.9. The molecule has 0 unspecified atom stereocenters. The second-order valence-corrected chi connectivity index (χ2v) is 9.32. The summed E-state index contributed by atoms with van der Waals surface area (Å²) < 4.78 is 26.9. The number of aromatic amines is 1. The van der Waals surface area contributed by atoms with Crippen LogP contribution in [0.15, 0.2) is 71.2 Å². The van der Waals surface area contributed by atoms with E-state index in [4.69, 9.17) is 0 Å². The quantitative estimate of drug-likeness (QED) is 0.404. The van der Waals surface area contributed by atoms with Gasteiger partial charge in [0.2, 0.25) is 10.0 Å². The number of para-hydroxylation sites is 1. The molecule has 2 N–H and O–H groups in total.